The predicted octanol–water partition coefficient (Wildman–Crippen LogP) is 6.97. The van der Waals surface area contributed by atoms with Crippen LogP contribution in [0.25, 0.3) is 44.5 Å². The zero-order chi connectivity index (χ0) is 17.5. The number of hydrogen-bond donors (Lipinski definition) is 0. The van der Waals surface area contributed by atoms with Gasteiger partial charge >= 0.3 is 0 Å². The minimum atomic E-state index is 0.715. The Bertz CT molecular complexity index is 1220. The number of para-hydroxylation sites is 1. The molecule has 0 aliphatic rings. The Morgan fingerprint density at radius 2 is 1.46 bits per heavy atom. The highest BCUT2D eigenvalue weighted by molar-refractivity contribution is 6.30. The van der Waals surface area contributed by atoms with Gasteiger partial charge in [-0.3, -0.25) is 0 Å². The molecule has 0 fully saturated rings. The van der Waals surface area contributed by atoms with E-state index in [0.717, 1.165) is 44.5 Å². The molecular weight excluding hydrogens is 342 g/mol. The van der Waals surface area contributed by atoms with E-state index in [1.165, 1.54) is 0 Å². The second-order valence-corrected chi connectivity index (χ2v) is 6.64. The van der Waals surface area contributed by atoms with Gasteiger partial charge in [0.2, 0.25) is 0 Å². The molecule has 0 saturated carbocycles. The highest BCUT2D eigenvalue weighted by Gasteiger charge is 2.16. The second kappa shape index (κ2) is 6.01. The molecule has 0 atom stereocenters. The summed E-state index contributed by atoms with van der Waals surface area (Å²) in [5, 5.41) is 1.74. The van der Waals surface area contributed by atoms with Crippen LogP contribution in [-0.4, -0.2) is 4.98 Å². The molecular formula is C23H14ClNO. The number of aromatic nitrogens is 1. The van der Waals surface area contributed by atoms with Crippen molar-refractivity contribution in [1.82, 2.24) is 4.98 Å². The number of pyridine rings is 1. The fourth-order valence-corrected chi connectivity index (χ4v) is 3.41. The summed E-state index contributed by atoms with van der Waals surface area (Å²) in [6, 6.07) is 28.1. The average Bonchev–Trinajstić information content (AvgIpc) is 3.07. The summed E-state index contributed by atoms with van der Waals surface area (Å²) in [7, 11) is 0. The molecule has 26 heavy (non-hydrogen) atoms. The van der Waals surface area contributed by atoms with Crippen LogP contribution in [0.2, 0.25) is 5.02 Å². The topological polar surface area (TPSA) is 26.0 Å². The van der Waals surface area contributed by atoms with Gasteiger partial charge in [0, 0.05) is 21.5 Å². The van der Waals surface area contributed by atoms with Crippen molar-refractivity contribution < 1.29 is 4.42 Å². The van der Waals surface area contributed by atoms with E-state index < -0.39 is 0 Å². The van der Waals surface area contributed by atoms with Gasteiger partial charge in [-0.05, 0) is 35.9 Å². The van der Waals surface area contributed by atoms with Crippen LogP contribution in [-0.2, 0) is 0 Å². The Hall–Kier alpha value is -3.10. The molecule has 0 aliphatic carbocycles. The first-order valence-electron chi connectivity index (χ1n) is 8.43. The summed E-state index contributed by atoms with van der Waals surface area (Å²) in [6.45, 7) is 0. The van der Waals surface area contributed by atoms with Crippen molar-refractivity contribution in [3.63, 3.8) is 0 Å². The Balaban J connectivity index is 1.88. The quantitative estimate of drug-likeness (QED) is 0.342. The SMILES string of the molecule is Clc1ccc(-c2cc(-c3ccccc3)nc3c2oc2ccccc23)cc1. The number of fused-ring (bicyclic) bond motifs is 3. The molecule has 0 bridgehead atoms. The molecule has 3 heteroatoms. The van der Waals surface area contributed by atoms with Crippen molar-refractivity contribution in [2.75, 3.05) is 0 Å². The Labute approximate surface area is 155 Å². The molecule has 0 aliphatic heterocycles. The Morgan fingerprint density at radius 1 is 0.731 bits per heavy atom. The van der Waals surface area contributed by atoms with Gasteiger partial charge in [-0.25, -0.2) is 4.98 Å². The summed E-state index contributed by atoms with van der Waals surface area (Å²) in [5.74, 6) is 0. The lowest BCUT2D eigenvalue weighted by Gasteiger charge is -2.07. The molecule has 0 spiro atoms. The van der Waals surface area contributed by atoms with Crippen LogP contribution in [0.5, 0.6) is 0 Å². The molecule has 2 aromatic heterocycles. The minimum Gasteiger partial charge on any atom is -0.454 e. The monoisotopic (exact) mass is 355 g/mol. The van der Waals surface area contributed by atoms with E-state index in [2.05, 4.69) is 24.3 Å². The van der Waals surface area contributed by atoms with E-state index in [1.54, 1.807) is 0 Å². The number of furan rings is 1. The van der Waals surface area contributed by atoms with E-state index in [4.69, 9.17) is 21.0 Å². The van der Waals surface area contributed by atoms with Gasteiger partial charge in [0.15, 0.2) is 5.58 Å². The molecule has 0 amide bonds. The van der Waals surface area contributed by atoms with Gasteiger partial charge in [0.05, 0.1) is 5.69 Å². The summed E-state index contributed by atoms with van der Waals surface area (Å²) >= 11 is 6.07. The van der Waals surface area contributed by atoms with E-state index in [1.807, 2.05) is 60.7 Å². The van der Waals surface area contributed by atoms with Crippen LogP contribution >= 0.6 is 11.6 Å². The number of nitrogens with zero attached hydrogens (tertiary/aromatic N) is 1. The fourth-order valence-electron chi connectivity index (χ4n) is 3.28. The van der Waals surface area contributed by atoms with Crippen LogP contribution in [0, 0.1) is 0 Å². The molecule has 2 heterocycles. The van der Waals surface area contributed by atoms with Crippen molar-refractivity contribution >= 4 is 33.7 Å². The Kier molecular flexibility index (Phi) is 3.51. The normalized spacial score (nSPS) is 11.3. The van der Waals surface area contributed by atoms with Crippen LogP contribution in [0.15, 0.2) is 89.3 Å². The van der Waals surface area contributed by atoms with Crippen LogP contribution in [0.4, 0.5) is 0 Å². The number of rotatable bonds is 2. The minimum absolute atomic E-state index is 0.715. The fraction of sp³-hybridized carbons (Fsp3) is 0. The summed E-state index contributed by atoms with van der Waals surface area (Å²) in [6.07, 6.45) is 0. The lowest BCUT2D eigenvalue weighted by atomic mass is 10.0. The van der Waals surface area contributed by atoms with Crippen molar-refractivity contribution in [3.8, 4) is 22.4 Å². The van der Waals surface area contributed by atoms with Crippen molar-refractivity contribution in [2.45, 2.75) is 0 Å². The first kappa shape index (κ1) is 15.2. The highest BCUT2D eigenvalue weighted by Crippen LogP contribution is 2.37. The molecule has 3 aromatic carbocycles. The molecule has 2 nitrogen and oxygen atoms in total. The second-order valence-electron chi connectivity index (χ2n) is 6.20. The molecule has 0 saturated heterocycles. The van der Waals surface area contributed by atoms with Gasteiger partial charge in [0.1, 0.15) is 11.1 Å². The molecule has 5 aromatic rings. The standard InChI is InChI=1S/C23H14ClNO/c24-17-12-10-15(11-13-17)19-14-20(16-6-2-1-3-7-16)25-22-18-8-4-5-9-21(18)26-23(19)22/h1-14H. The van der Waals surface area contributed by atoms with E-state index in [9.17, 15) is 0 Å². The molecule has 0 unspecified atom stereocenters. The summed E-state index contributed by atoms with van der Waals surface area (Å²) < 4.78 is 6.16. The maximum Gasteiger partial charge on any atom is 0.161 e. The maximum atomic E-state index is 6.16. The first-order valence-corrected chi connectivity index (χ1v) is 8.81. The third-order valence-corrected chi connectivity index (χ3v) is 4.80. The highest BCUT2D eigenvalue weighted by atomic mass is 35.5. The average molecular weight is 356 g/mol. The van der Waals surface area contributed by atoms with Crippen molar-refractivity contribution in [1.29, 1.82) is 0 Å². The molecule has 5 rings (SSSR count). The third kappa shape index (κ3) is 2.47. The van der Waals surface area contributed by atoms with Crippen LogP contribution < -0.4 is 0 Å². The van der Waals surface area contributed by atoms with E-state index in [0.29, 0.717) is 5.02 Å². The largest absolute Gasteiger partial charge is 0.454 e. The lowest BCUT2D eigenvalue weighted by molar-refractivity contribution is 0.669. The first-order chi connectivity index (χ1) is 12.8. The predicted molar refractivity (Wildman–Crippen MR) is 107 cm³/mol. The summed E-state index contributed by atoms with van der Waals surface area (Å²) in [5.41, 5.74) is 6.60. The van der Waals surface area contributed by atoms with Gasteiger partial charge in [0.25, 0.3) is 0 Å². The van der Waals surface area contributed by atoms with Crippen LogP contribution in [0.3, 0.4) is 0 Å². The number of benzene rings is 3. The Morgan fingerprint density at radius 3 is 2.27 bits per heavy atom. The number of hydrogen-bond acceptors (Lipinski definition) is 2. The maximum absolute atomic E-state index is 6.16. The van der Waals surface area contributed by atoms with Gasteiger partial charge in [-0.15, -0.1) is 0 Å². The van der Waals surface area contributed by atoms with E-state index in [-0.39, 0.29) is 0 Å². The van der Waals surface area contributed by atoms with Crippen molar-refractivity contribution in [2.24, 2.45) is 0 Å². The van der Waals surface area contributed by atoms with Crippen LogP contribution in [0.1, 0.15) is 0 Å². The van der Waals surface area contributed by atoms with Gasteiger partial charge < -0.3 is 4.42 Å². The number of halogens is 1. The molecule has 124 valence electrons. The van der Waals surface area contributed by atoms with Crippen molar-refractivity contribution in [3.05, 3.63) is 90.0 Å². The zero-order valence-corrected chi connectivity index (χ0v) is 14.6. The molecule has 0 radical (unpaired) electrons. The van der Waals surface area contributed by atoms with E-state index >= 15 is 0 Å². The smallest absolute Gasteiger partial charge is 0.161 e. The lowest BCUT2D eigenvalue weighted by Crippen LogP contribution is -1.88. The van der Waals surface area contributed by atoms with Gasteiger partial charge in [-0.1, -0.05) is 66.2 Å². The zero-order valence-electron chi connectivity index (χ0n) is 13.8. The third-order valence-electron chi connectivity index (χ3n) is 4.55. The molecule has 0 N–H and O–H groups in total. The summed E-state index contributed by atoms with van der Waals surface area (Å²) in [4.78, 5) is 4.92. The van der Waals surface area contributed by atoms with Gasteiger partial charge in [-0.2, -0.15) is 0 Å².